The molecule has 5 nitrogen and oxygen atoms in total. The smallest absolute Gasteiger partial charge is 0.254 e. The second-order valence-electron chi connectivity index (χ2n) is 6.64. The molecule has 0 aliphatic rings. The number of carbonyl (C=O) groups is 1. The van der Waals surface area contributed by atoms with Gasteiger partial charge in [-0.05, 0) is 47.5 Å². The van der Waals surface area contributed by atoms with Gasteiger partial charge in [0.2, 0.25) is 0 Å². The lowest BCUT2D eigenvalue weighted by atomic mass is 10.1. The molecule has 0 fully saturated rings. The molecule has 4 aromatic rings. The highest BCUT2D eigenvalue weighted by atomic mass is 32.1. The average molecular weight is 389 g/mol. The number of aromatic nitrogens is 2. The number of H-pyrrole nitrogens is 1. The molecule has 140 valence electrons. The van der Waals surface area contributed by atoms with Gasteiger partial charge in [-0.1, -0.05) is 24.3 Å². The van der Waals surface area contributed by atoms with Crippen LogP contribution in [-0.4, -0.2) is 20.8 Å². The lowest BCUT2D eigenvalue weighted by Crippen LogP contribution is -2.32. The van der Waals surface area contributed by atoms with Crippen molar-refractivity contribution in [3.63, 3.8) is 0 Å². The lowest BCUT2D eigenvalue weighted by Gasteiger charge is -2.22. The van der Waals surface area contributed by atoms with Crippen LogP contribution in [-0.2, 0) is 13.1 Å². The summed E-state index contributed by atoms with van der Waals surface area (Å²) in [5.74, 6) is -0.125. The third-order valence-electron chi connectivity index (χ3n) is 4.67. The number of thiophene rings is 1. The van der Waals surface area contributed by atoms with Crippen LogP contribution >= 0.6 is 11.3 Å². The molecule has 0 aliphatic heterocycles. The maximum absolute atomic E-state index is 13.1. The van der Waals surface area contributed by atoms with Crippen molar-refractivity contribution in [1.29, 1.82) is 0 Å². The Balaban J connectivity index is 1.71. The maximum Gasteiger partial charge on any atom is 0.254 e. The van der Waals surface area contributed by atoms with Crippen molar-refractivity contribution in [3.8, 4) is 0 Å². The average Bonchev–Trinajstić information content (AvgIpc) is 3.22. The molecule has 1 N–H and O–H groups in total. The number of amides is 1. The largest absolute Gasteiger partial charge is 0.329 e. The molecule has 1 aromatic carbocycles. The predicted octanol–water partition coefficient (Wildman–Crippen LogP) is 4.14. The summed E-state index contributed by atoms with van der Waals surface area (Å²) >= 11 is 1.59. The summed E-state index contributed by atoms with van der Waals surface area (Å²) in [6.07, 6.45) is 3.20. The van der Waals surface area contributed by atoms with Gasteiger partial charge in [0.1, 0.15) is 0 Å². The summed E-state index contributed by atoms with van der Waals surface area (Å²) < 4.78 is 0. The Morgan fingerprint density at radius 1 is 1.11 bits per heavy atom. The molecule has 0 spiro atoms. The molecule has 28 heavy (non-hydrogen) atoms. The van der Waals surface area contributed by atoms with Crippen LogP contribution in [0.15, 0.2) is 71.1 Å². The van der Waals surface area contributed by atoms with Crippen LogP contribution in [0, 0.1) is 6.92 Å². The highest BCUT2D eigenvalue weighted by Gasteiger charge is 2.19. The number of pyridine rings is 2. The molecule has 0 radical (unpaired) electrons. The van der Waals surface area contributed by atoms with E-state index in [0.717, 1.165) is 21.3 Å². The van der Waals surface area contributed by atoms with E-state index in [2.05, 4.69) is 9.97 Å². The highest BCUT2D eigenvalue weighted by molar-refractivity contribution is 7.09. The Kier molecular flexibility index (Phi) is 5.04. The second-order valence-corrected chi connectivity index (χ2v) is 7.67. The molecule has 0 bridgehead atoms. The number of nitrogens with zero attached hydrogens (tertiary/aromatic N) is 2. The van der Waals surface area contributed by atoms with Crippen LogP contribution in [0.1, 0.15) is 26.4 Å². The fourth-order valence-electron chi connectivity index (χ4n) is 3.22. The molecular weight excluding hydrogens is 370 g/mol. The Morgan fingerprint density at radius 3 is 2.68 bits per heavy atom. The first-order chi connectivity index (χ1) is 13.6. The molecule has 0 atom stereocenters. The lowest BCUT2D eigenvalue weighted by molar-refractivity contribution is 0.0731. The van der Waals surface area contributed by atoms with E-state index in [1.807, 2.05) is 48.7 Å². The number of hydrogen-bond donors (Lipinski definition) is 1. The van der Waals surface area contributed by atoms with Crippen molar-refractivity contribution in [3.05, 3.63) is 98.2 Å². The fourth-order valence-corrected chi connectivity index (χ4v) is 3.94. The molecular formula is C22H19N3O2S. The van der Waals surface area contributed by atoms with Gasteiger partial charge in [-0.2, -0.15) is 0 Å². The summed E-state index contributed by atoms with van der Waals surface area (Å²) in [7, 11) is 0. The summed E-state index contributed by atoms with van der Waals surface area (Å²) in [5, 5.41) is 2.94. The minimum Gasteiger partial charge on any atom is -0.329 e. The molecule has 4 rings (SSSR count). The predicted molar refractivity (Wildman–Crippen MR) is 111 cm³/mol. The van der Waals surface area contributed by atoms with Gasteiger partial charge in [0.05, 0.1) is 18.6 Å². The van der Waals surface area contributed by atoms with Gasteiger partial charge in [0, 0.05) is 28.4 Å². The summed E-state index contributed by atoms with van der Waals surface area (Å²) in [5.41, 5.74) is 2.81. The fraction of sp³-hybridized carbons (Fsp3) is 0.136. The maximum atomic E-state index is 13.1. The van der Waals surface area contributed by atoms with Gasteiger partial charge in [-0.15, -0.1) is 11.3 Å². The minimum atomic E-state index is -0.166. The molecule has 0 saturated heterocycles. The number of benzene rings is 1. The van der Waals surface area contributed by atoms with Crippen LogP contribution in [0.3, 0.4) is 0 Å². The van der Waals surface area contributed by atoms with Gasteiger partial charge in [-0.25, -0.2) is 0 Å². The second kappa shape index (κ2) is 7.78. The normalized spacial score (nSPS) is 10.9. The molecule has 6 heteroatoms. The minimum absolute atomic E-state index is 0.125. The van der Waals surface area contributed by atoms with Crippen molar-refractivity contribution in [2.75, 3.05) is 0 Å². The van der Waals surface area contributed by atoms with E-state index in [9.17, 15) is 9.59 Å². The number of aromatic amines is 1. The Labute approximate surface area is 166 Å². The van der Waals surface area contributed by atoms with Gasteiger partial charge in [0.25, 0.3) is 11.5 Å². The van der Waals surface area contributed by atoms with Crippen LogP contribution in [0.5, 0.6) is 0 Å². The third kappa shape index (κ3) is 3.73. The Hall–Kier alpha value is -3.25. The van der Waals surface area contributed by atoms with E-state index in [0.29, 0.717) is 17.7 Å². The summed E-state index contributed by atoms with van der Waals surface area (Å²) in [6, 6.07) is 15.1. The topological polar surface area (TPSA) is 66.1 Å². The van der Waals surface area contributed by atoms with E-state index < -0.39 is 0 Å². The van der Waals surface area contributed by atoms with Crippen LogP contribution in [0.2, 0.25) is 0 Å². The zero-order valence-corrected chi connectivity index (χ0v) is 16.2. The monoisotopic (exact) mass is 389 g/mol. The third-order valence-corrected chi connectivity index (χ3v) is 5.53. The van der Waals surface area contributed by atoms with Gasteiger partial charge in [0.15, 0.2) is 0 Å². The summed E-state index contributed by atoms with van der Waals surface area (Å²) in [6.45, 7) is 2.65. The molecule has 0 aliphatic carbocycles. The van der Waals surface area contributed by atoms with Crippen molar-refractivity contribution in [2.24, 2.45) is 0 Å². The molecule has 0 saturated carbocycles. The summed E-state index contributed by atoms with van der Waals surface area (Å²) in [4.78, 5) is 35.5. The zero-order chi connectivity index (χ0) is 19.5. The van der Waals surface area contributed by atoms with Gasteiger partial charge in [-0.3, -0.25) is 14.6 Å². The Morgan fingerprint density at radius 2 is 1.93 bits per heavy atom. The molecule has 0 unspecified atom stereocenters. The van der Waals surface area contributed by atoms with E-state index in [4.69, 9.17) is 0 Å². The van der Waals surface area contributed by atoms with E-state index in [1.165, 1.54) is 0 Å². The van der Waals surface area contributed by atoms with Crippen molar-refractivity contribution < 1.29 is 4.79 Å². The zero-order valence-electron chi connectivity index (χ0n) is 15.4. The van der Waals surface area contributed by atoms with Gasteiger partial charge < -0.3 is 9.88 Å². The Bertz CT molecular complexity index is 1170. The number of rotatable bonds is 5. The van der Waals surface area contributed by atoms with E-state index in [1.54, 1.807) is 40.8 Å². The van der Waals surface area contributed by atoms with Crippen molar-refractivity contribution >= 4 is 28.1 Å². The number of para-hydroxylation sites is 1. The van der Waals surface area contributed by atoms with Gasteiger partial charge >= 0.3 is 0 Å². The first-order valence-electron chi connectivity index (χ1n) is 8.95. The van der Waals surface area contributed by atoms with E-state index in [-0.39, 0.29) is 18.0 Å². The molecule has 3 heterocycles. The first kappa shape index (κ1) is 18.1. The first-order valence-corrected chi connectivity index (χ1v) is 9.83. The number of aryl methyl sites for hydroxylation is 1. The quantitative estimate of drug-likeness (QED) is 0.558. The van der Waals surface area contributed by atoms with Crippen molar-refractivity contribution in [1.82, 2.24) is 14.9 Å². The van der Waals surface area contributed by atoms with E-state index >= 15 is 0 Å². The van der Waals surface area contributed by atoms with Crippen LogP contribution in [0.25, 0.3) is 10.9 Å². The molecule has 1 amide bonds. The van der Waals surface area contributed by atoms with Crippen molar-refractivity contribution in [2.45, 2.75) is 20.0 Å². The number of carbonyl (C=O) groups excluding carboxylic acids is 1. The SMILES string of the molecule is Cc1cccc2cc(CN(Cc3cccs3)C(=O)c3ccncc3)c(=O)[nH]c12. The highest BCUT2D eigenvalue weighted by Crippen LogP contribution is 2.19. The number of fused-ring (bicyclic) bond motifs is 1. The standard InChI is InChI=1S/C22H19N3O2S/c1-15-4-2-5-17-12-18(21(26)24-20(15)17)13-25(14-19-6-3-11-28-19)22(27)16-7-9-23-10-8-16/h2-12H,13-14H2,1H3,(H,24,26). The van der Waals surface area contributed by atoms with Crippen LogP contribution < -0.4 is 5.56 Å². The van der Waals surface area contributed by atoms with Crippen LogP contribution in [0.4, 0.5) is 0 Å². The number of hydrogen-bond acceptors (Lipinski definition) is 4. The molecule has 3 aromatic heterocycles. The number of nitrogens with one attached hydrogen (secondary N) is 1.